The summed E-state index contributed by atoms with van der Waals surface area (Å²) in [5, 5.41) is 7.61. The van der Waals surface area contributed by atoms with Crippen LogP contribution in [0.3, 0.4) is 0 Å². The zero-order valence-corrected chi connectivity index (χ0v) is 17.2. The average Bonchev–Trinajstić information content (AvgIpc) is 3.36. The molecule has 2 fully saturated rings. The lowest BCUT2D eigenvalue weighted by molar-refractivity contribution is -0.122. The lowest BCUT2D eigenvalue weighted by atomic mass is 9.82. The first kappa shape index (κ1) is 19.9. The maximum absolute atomic E-state index is 14.0. The number of benzene rings is 2. The van der Waals surface area contributed by atoms with E-state index in [9.17, 15) is 9.18 Å². The van der Waals surface area contributed by atoms with E-state index in [-0.39, 0.29) is 17.6 Å². The first-order valence-electron chi connectivity index (χ1n) is 10.6. The van der Waals surface area contributed by atoms with Crippen molar-refractivity contribution in [2.75, 3.05) is 26.3 Å². The Labute approximate surface area is 180 Å². The standard InChI is InChI=1S/C24H25FN4O2/c25-20-7-3-6-18(13-20)21-15-28(16-24(21)17-31-12-9-23(30)27-24)14-19-5-1-2-8-22(19)29-11-4-10-26-29/h1-8,10-11,13,21H,9,12,14-17H2,(H,27,30)/t21-,24-/m0/s1. The van der Waals surface area contributed by atoms with Crippen molar-refractivity contribution in [2.45, 2.75) is 24.4 Å². The number of hydrogen-bond donors (Lipinski definition) is 1. The molecule has 3 heterocycles. The SMILES string of the molecule is O=C1CCOC[C@]2(CN(Cc3ccccc3-n3cccn3)C[C@H]2c2cccc(F)c2)N1. The number of hydrogen-bond acceptors (Lipinski definition) is 4. The van der Waals surface area contributed by atoms with Crippen LogP contribution in [-0.2, 0) is 16.1 Å². The Bertz CT molecular complexity index is 1070. The number of para-hydroxylation sites is 1. The second-order valence-electron chi connectivity index (χ2n) is 8.36. The van der Waals surface area contributed by atoms with Crippen LogP contribution >= 0.6 is 0 Å². The van der Waals surface area contributed by atoms with Crippen LogP contribution < -0.4 is 5.32 Å². The van der Waals surface area contributed by atoms with Gasteiger partial charge in [-0.2, -0.15) is 5.10 Å². The zero-order valence-electron chi connectivity index (χ0n) is 17.2. The summed E-state index contributed by atoms with van der Waals surface area (Å²) >= 11 is 0. The van der Waals surface area contributed by atoms with Gasteiger partial charge in [-0.1, -0.05) is 30.3 Å². The van der Waals surface area contributed by atoms with Crippen LogP contribution in [0, 0.1) is 5.82 Å². The van der Waals surface area contributed by atoms with Crippen molar-refractivity contribution < 1.29 is 13.9 Å². The van der Waals surface area contributed by atoms with Crippen LogP contribution in [0.25, 0.3) is 5.69 Å². The van der Waals surface area contributed by atoms with E-state index in [2.05, 4.69) is 27.4 Å². The van der Waals surface area contributed by atoms with E-state index in [1.807, 2.05) is 35.1 Å². The Morgan fingerprint density at radius 3 is 2.94 bits per heavy atom. The number of carbonyl (C=O) groups is 1. The van der Waals surface area contributed by atoms with E-state index in [0.29, 0.717) is 39.3 Å². The molecule has 1 spiro atoms. The quantitative estimate of drug-likeness (QED) is 0.705. The van der Waals surface area contributed by atoms with Gasteiger partial charge in [0.2, 0.25) is 5.91 Å². The lowest BCUT2D eigenvalue weighted by Crippen LogP contribution is -2.55. The minimum atomic E-state index is -0.581. The average molecular weight is 420 g/mol. The van der Waals surface area contributed by atoms with Crippen molar-refractivity contribution in [1.29, 1.82) is 0 Å². The third-order valence-electron chi connectivity index (χ3n) is 6.22. The summed E-state index contributed by atoms with van der Waals surface area (Å²) in [4.78, 5) is 14.8. The highest BCUT2D eigenvalue weighted by atomic mass is 19.1. The normalized spacial score (nSPS) is 24.3. The van der Waals surface area contributed by atoms with Gasteiger partial charge in [-0.15, -0.1) is 0 Å². The number of amides is 1. The summed E-state index contributed by atoms with van der Waals surface area (Å²) in [7, 11) is 0. The van der Waals surface area contributed by atoms with Gasteiger partial charge in [0.05, 0.1) is 24.4 Å². The molecule has 1 amide bonds. The van der Waals surface area contributed by atoms with Crippen molar-refractivity contribution in [3.05, 3.63) is 83.9 Å². The van der Waals surface area contributed by atoms with Gasteiger partial charge in [-0.05, 0) is 35.4 Å². The summed E-state index contributed by atoms with van der Waals surface area (Å²) in [6.45, 7) is 2.84. The monoisotopic (exact) mass is 420 g/mol. The highest BCUT2D eigenvalue weighted by molar-refractivity contribution is 5.77. The van der Waals surface area contributed by atoms with Gasteiger partial charge in [-0.25, -0.2) is 9.07 Å². The molecule has 0 bridgehead atoms. The molecule has 1 N–H and O–H groups in total. The van der Waals surface area contributed by atoms with Crippen LogP contribution in [0.4, 0.5) is 4.39 Å². The number of rotatable bonds is 4. The maximum Gasteiger partial charge on any atom is 0.222 e. The minimum absolute atomic E-state index is 0.0160. The number of carbonyl (C=O) groups excluding carboxylic acids is 1. The number of nitrogens with one attached hydrogen (secondary N) is 1. The molecule has 2 atom stereocenters. The van der Waals surface area contributed by atoms with Crippen LogP contribution in [0.2, 0.25) is 0 Å². The van der Waals surface area contributed by atoms with Gasteiger partial charge in [0.1, 0.15) is 5.82 Å². The highest BCUT2D eigenvalue weighted by Gasteiger charge is 2.49. The van der Waals surface area contributed by atoms with E-state index >= 15 is 0 Å². The molecule has 2 saturated heterocycles. The number of ether oxygens (including phenoxy) is 1. The van der Waals surface area contributed by atoms with Gasteiger partial charge in [0, 0.05) is 44.4 Å². The van der Waals surface area contributed by atoms with Gasteiger partial charge in [0.25, 0.3) is 0 Å². The predicted molar refractivity (Wildman–Crippen MR) is 114 cm³/mol. The summed E-state index contributed by atoms with van der Waals surface area (Å²) in [5.74, 6) is -0.351. The second-order valence-corrected chi connectivity index (χ2v) is 8.36. The first-order chi connectivity index (χ1) is 15.1. The molecule has 2 aliphatic rings. The molecule has 0 unspecified atom stereocenters. The van der Waals surface area contributed by atoms with E-state index < -0.39 is 5.54 Å². The molecular formula is C24H25FN4O2. The molecule has 6 nitrogen and oxygen atoms in total. The lowest BCUT2D eigenvalue weighted by Gasteiger charge is -2.34. The molecule has 160 valence electrons. The van der Waals surface area contributed by atoms with Gasteiger partial charge in [0.15, 0.2) is 0 Å². The summed E-state index contributed by atoms with van der Waals surface area (Å²) < 4.78 is 21.8. The number of nitrogens with zero attached hydrogens (tertiary/aromatic N) is 3. The molecule has 0 aliphatic carbocycles. The Hall–Kier alpha value is -3.03. The van der Waals surface area contributed by atoms with Crippen molar-refractivity contribution in [3.8, 4) is 5.69 Å². The molecule has 2 aromatic carbocycles. The van der Waals surface area contributed by atoms with Gasteiger partial charge >= 0.3 is 0 Å². The Morgan fingerprint density at radius 1 is 1.19 bits per heavy atom. The topological polar surface area (TPSA) is 59.4 Å². The molecule has 31 heavy (non-hydrogen) atoms. The number of halogens is 1. The van der Waals surface area contributed by atoms with Crippen molar-refractivity contribution in [3.63, 3.8) is 0 Å². The van der Waals surface area contributed by atoms with E-state index in [1.165, 1.54) is 6.07 Å². The second kappa shape index (κ2) is 8.24. The molecule has 1 aromatic heterocycles. The fourth-order valence-electron chi connectivity index (χ4n) is 4.86. The molecule has 0 saturated carbocycles. The Balaban J connectivity index is 1.47. The summed E-state index contributed by atoms with van der Waals surface area (Å²) in [6, 6.07) is 16.8. The molecule has 7 heteroatoms. The third kappa shape index (κ3) is 3.98. The Morgan fingerprint density at radius 2 is 2.10 bits per heavy atom. The first-order valence-corrected chi connectivity index (χ1v) is 10.6. The molecule has 5 rings (SSSR count). The predicted octanol–water partition coefficient (Wildman–Crippen LogP) is 2.89. The van der Waals surface area contributed by atoms with Crippen LogP contribution in [0.1, 0.15) is 23.5 Å². The fraction of sp³-hybridized carbons (Fsp3) is 0.333. The summed E-state index contributed by atoms with van der Waals surface area (Å²) in [5.41, 5.74) is 2.47. The van der Waals surface area contributed by atoms with Crippen LogP contribution in [0.5, 0.6) is 0 Å². The maximum atomic E-state index is 14.0. The molecule has 2 aliphatic heterocycles. The van der Waals surface area contributed by atoms with Crippen LogP contribution in [-0.4, -0.2) is 52.4 Å². The van der Waals surface area contributed by atoms with E-state index in [4.69, 9.17) is 4.74 Å². The molecule has 3 aromatic rings. The number of aromatic nitrogens is 2. The molecular weight excluding hydrogens is 395 g/mol. The van der Waals surface area contributed by atoms with Gasteiger partial charge in [-0.3, -0.25) is 9.69 Å². The van der Waals surface area contributed by atoms with Crippen molar-refractivity contribution >= 4 is 5.91 Å². The Kier molecular flexibility index (Phi) is 5.29. The van der Waals surface area contributed by atoms with Gasteiger partial charge < -0.3 is 10.1 Å². The fourth-order valence-corrected chi connectivity index (χ4v) is 4.86. The van der Waals surface area contributed by atoms with E-state index in [1.54, 1.807) is 18.3 Å². The van der Waals surface area contributed by atoms with E-state index in [0.717, 1.165) is 16.8 Å². The smallest absolute Gasteiger partial charge is 0.222 e. The number of likely N-dealkylation sites (tertiary alicyclic amines) is 1. The van der Waals surface area contributed by atoms with Crippen molar-refractivity contribution in [2.24, 2.45) is 0 Å². The van der Waals surface area contributed by atoms with Crippen molar-refractivity contribution in [1.82, 2.24) is 20.0 Å². The van der Waals surface area contributed by atoms with Crippen LogP contribution in [0.15, 0.2) is 67.0 Å². The largest absolute Gasteiger partial charge is 0.378 e. The summed E-state index contributed by atoms with van der Waals surface area (Å²) in [6.07, 6.45) is 4.04. The molecule has 0 radical (unpaired) electrons. The minimum Gasteiger partial charge on any atom is -0.378 e. The highest BCUT2D eigenvalue weighted by Crippen LogP contribution is 2.38. The third-order valence-corrected chi connectivity index (χ3v) is 6.22. The zero-order chi connectivity index (χ0) is 21.3.